The quantitative estimate of drug-likeness (QED) is 0.534. The number of aryl methyl sites for hydroxylation is 2. The van der Waals surface area contributed by atoms with Gasteiger partial charge in [0.2, 0.25) is 17.8 Å². The van der Waals surface area contributed by atoms with Gasteiger partial charge in [0.1, 0.15) is 5.82 Å². The van der Waals surface area contributed by atoms with Gasteiger partial charge in [0, 0.05) is 17.8 Å². The lowest BCUT2D eigenvalue weighted by molar-refractivity contribution is -0.123. The molecule has 1 atom stereocenters. The molecule has 0 bridgehead atoms. The predicted molar refractivity (Wildman–Crippen MR) is 115 cm³/mol. The van der Waals surface area contributed by atoms with Crippen molar-refractivity contribution in [2.75, 3.05) is 16.0 Å². The van der Waals surface area contributed by atoms with Gasteiger partial charge in [-0.2, -0.15) is 4.98 Å². The number of hydrogen-bond acceptors (Lipinski definition) is 5. The molecular weight excluding hydrogens is 382 g/mol. The molecule has 0 saturated carbocycles. The van der Waals surface area contributed by atoms with Crippen LogP contribution in [0, 0.1) is 13.8 Å². The van der Waals surface area contributed by atoms with E-state index in [2.05, 4.69) is 25.9 Å². The van der Waals surface area contributed by atoms with Crippen molar-refractivity contribution in [1.82, 2.24) is 9.97 Å². The van der Waals surface area contributed by atoms with Crippen LogP contribution in [0.1, 0.15) is 29.0 Å². The Labute approximate surface area is 172 Å². The second-order valence-electron chi connectivity index (χ2n) is 7.28. The van der Waals surface area contributed by atoms with Gasteiger partial charge >= 0.3 is 0 Å². The summed E-state index contributed by atoms with van der Waals surface area (Å²) >= 11 is 0. The first-order valence-corrected chi connectivity index (χ1v) is 9.55. The van der Waals surface area contributed by atoms with Crippen LogP contribution in [0.4, 0.5) is 23.1 Å². The van der Waals surface area contributed by atoms with E-state index in [0.717, 1.165) is 16.8 Å². The minimum atomic E-state index is -0.932. The second kappa shape index (κ2) is 7.82. The Morgan fingerprint density at radius 3 is 2.53 bits per heavy atom. The molecule has 0 fully saturated rings. The van der Waals surface area contributed by atoms with Gasteiger partial charge < -0.3 is 16.0 Å². The van der Waals surface area contributed by atoms with Crippen molar-refractivity contribution in [3.05, 3.63) is 75.6 Å². The van der Waals surface area contributed by atoms with E-state index in [0.29, 0.717) is 5.69 Å². The number of carbonyl (C=O) groups is 2. The Bertz CT molecular complexity index is 1180. The molecule has 2 aromatic carbocycles. The van der Waals surface area contributed by atoms with E-state index < -0.39 is 17.4 Å². The zero-order valence-electron chi connectivity index (χ0n) is 16.6. The van der Waals surface area contributed by atoms with Gasteiger partial charge in [-0.15, -0.1) is 0 Å². The summed E-state index contributed by atoms with van der Waals surface area (Å²) < 4.78 is 0. The van der Waals surface area contributed by atoms with Crippen molar-refractivity contribution in [2.45, 2.75) is 26.2 Å². The van der Waals surface area contributed by atoms with Gasteiger partial charge in [-0.1, -0.05) is 35.9 Å². The van der Waals surface area contributed by atoms with Crippen LogP contribution in [0.3, 0.4) is 0 Å². The van der Waals surface area contributed by atoms with Crippen molar-refractivity contribution in [3.8, 4) is 0 Å². The first-order valence-electron chi connectivity index (χ1n) is 9.55. The molecule has 1 aliphatic rings. The number of fused-ring (bicyclic) bond motifs is 1. The molecule has 4 N–H and O–H groups in total. The van der Waals surface area contributed by atoms with E-state index in [4.69, 9.17) is 0 Å². The first-order chi connectivity index (χ1) is 14.4. The summed E-state index contributed by atoms with van der Waals surface area (Å²) in [7, 11) is 0. The van der Waals surface area contributed by atoms with E-state index in [1.807, 2.05) is 56.3 Å². The highest BCUT2D eigenvalue weighted by molar-refractivity contribution is 6.04. The fourth-order valence-corrected chi connectivity index (χ4v) is 3.36. The van der Waals surface area contributed by atoms with Crippen LogP contribution in [0.15, 0.2) is 53.3 Å². The summed E-state index contributed by atoms with van der Waals surface area (Å²) in [5.74, 6) is -1.45. The van der Waals surface area contributed by atoms with Crippen molar-refractivity contribution in [1.29, 1.82) is 0 Å². The molecule has 1 aliphatic heterocycles. The summed E-state index contributed by atoms with van der Waals surface area (Å²) in [6.45, 7) is 3.84. The summed E-state index contributed by atoms with van der Waals surface area (Å²) in [4.78, 5) is 44.9. The molecule has 30 heavy (non-hydrogen) atoms. The molecule has 152 valence electrons. The largest absolute Gasteiger partial charge is 0.326 e. The number of nitrogens with one attached hydrogen (secondary N) is 4. The number of nitrogens with zero attached hydrogens (tertiary/aromatic N) is 1. The van der Waals surface area contributed by atoms with Gasteiger partial charge in [0.15, 0.2) is 0 Å². The number of aromatic nitrogens is 2. The number of para-hydroxylation sites is 1. The zero-order chi connectivity index (χ0) is 21.3. The molecule has 0 spiro atoms. The third-order valence-corrected chi connectivity index (χ3v) is 4.98. The maximum Gasteiger partial charge on any atom is 0.258 e. The van der Waals surface area contributed by atoms with E-state index in [1.54, 1.807) is 6.07 Å². The number of carbonyl (C=O) groups excluding carboxylic acids is 2. The average Bonchev–Trinajstić information content (AvgIpc) is 2.70. The number of H-pyrrole nitrogens is 1. The highest BCUT2D eigenvalue weighted by Gasteiger charge is 2.34. The lowest BCUT2D eigenvalue weighted by atomic mass is 9.92. The van der Waals surface area contributed by atoms with Gasteiger partial charge in [-0.3, -0.25) is 19.4 Å². The molecule has 2 heterocycles. The molecule has 1 aromatic heterocycles. The van der Waals surface area contributed by atoms with Crippen LogP contribution in [0.25, 0.3) is 0 Å². The van der Waals surface area contributed by atoms with Crippen molar-refractivity contribution < 1.29 is 9.59 Å². The zero-order valence-corrected chi connectivity index (χ0v) is 16.6. The molecule has 0 aliphatic carbocycles. The molecule has 0 radical (unpaired) electrons. The molecule has 2 amide bonds. The number of aromatic amines is 1. The Morgan fingerprint density at radius 2 is 1.80 bits per heavy atom. The Kier molecular flexibility index (Phi) is 5.05. The number of benzene rings is 2. The minimum Gasteiger partial charge on any atom is -0.326 e. The Balaban J connectivity index is 1.64. The molecular formula is C22H21N5O3. The topological polar surface area (TPSA) is 116 Å². The molecule has 8 heteroatoms. The maximum atomic E-state index is 12.9. The van der Waals surface area contributed by atoms with Crippen LogP contribution >= 0.6 is 0 Å². The van der Waals surface area contributed by atoms with Crippen LogP contribution in [-0.2, 0) is 9.59 Å². The third-order valence-electron chi connectivity index (χ3n) is 4.98. The third kappa shape index (κ3) is 3.93. The standard InChI is InChI=1S/C22H21N5O3/c1-12-7-9-14(10-8-12)23-22-26-19-18(21(30)27-22)15(11-17(28)25-19)20(29)24-16-6-4-3-5-13(16)2/h3-10,15H,11H2,1-2H3,(H,24,29)(H3,23,25,26,27,28,30)/t15-/m0/s1. The summed E-state index contributed by atoms with van der Waals surface area (Å²) in [5.41, 5.74) is 3.03. The highest BCUT2D eigenvalue weighted by Crippen LogP contribution is 2.30. The molecule has 0 unspecified atom stereocenters. The normalized spacial score (nSPS) is 15.1. The van der Waals surface area contributed by atoms with Crippen LogP contribution in [0.2, 0.25) is 0 Å². The Morgan fingerprint density at radius 1 is 1.07 bits per heavy atom. The second-order valence-corrected chi connectivity index (χ2v) is 7.28. The van der Waals surface area contributed by atoms with Gasteiger partial charge in [-0.05, 0) is 37.6 Å². The van der Waals surface area contributed by atoms with Gasteiger partial charge in [-0.25, -0.2) is 0 Å². The predicted octanol–water partition coefficient (Wildman–Crippen LogP) is 3.19. The van der Waals surface area contributed by atoms with E-state index >= 15 is 0 Å². The molecule has 3 aromatic rings. The summed E-state index contributed by atoms with van der Waals surface area (Å²) in [5, 5.41) is 8.43. The van der Waals surface area contributed by atoms with E-state index in [-0.39, 0.29) is 29.7 Å². The number of rotatable bonds is 4. The number of anilines is 4. The number of hydrogen-bond donors (Lipinski definition) is 4. The SMILES string of the molecule is Cc1ccc(Nc2nc3c(c(=O)[nH]2)[C@@H](C(=O)Nc2ccccc2C)CC(=O)N3)cc1. The average molecular weight is 403 g/mol. The van der Waals surface area contributed by atoms with Gasteiger partial charge in [0.05, 0.1) is 11.5 Å². The van der Waals surface area contributed by atoms with Crippen LogP contribution in [0.5, 0.6) is 0 Å². The Hall–Kier alpha value is -3.94. The summed E-state index contributed by atoms with van der Waals surface area (Å²) in [6.07, 6.45) is -0.125. The van der Waals surface area contributed by atoms with E-state index in [1.165, 1.54) is 0 Å². The molecule has 0 saturated heterocycles. The highest BCUT2D eigenvalue weighted by atomic mass is 16.2. The smallest absolute Gasteiger partial charge is 0.258 e. The van der Waals surface area contributed by atoms with Crippen LogP contribution in [-0.4, -0.2) is 21.8 Å². The van der Waals surface area contributed by atoms with Crippen molar-refractivity contribution >= 4 is 35.0 Å². The fourth-order valence-electron chi connectivity index (χ4n) is 3.36. The fraction of sp³-hybridized carbons (Fsp3) is 0.182. The van der Waals surface area contributed by atoms with Crippen molar-refractivity contribution in [3.63, 3.8) is 0 Å². The van der Waals surface area contributed by atoms with Crippen LogP contribution < -0.4 is 21.5 Å². The first kappa shape index (κ1) is 19.4. The number of amides is 2. The lowest BCUT2D eigenvalue weighted by Crippen LogP contribution is -2.36. The summed E-state index contributed by atoms with van der Waals surface area (Å²) in [6, 6.07) is 14.9. The lowest BCUT2D eigenvalue weighted by Gasteiger charge is -2.24. The molecule has 4 rings (SSSR count). The van der Waals surface area contributed by atoms with E-state index in [9.17, 15) is 14.4 Å². The monoisotopic (exact) mass is 403 g/mol. The maximum absolute atomic E-state index is 12.9. The van der Waals surface area contributed by atoms with Crippen molar-refractivity contribution in [2.24, 2.45) is 0 Å². The molecule has 8 nitrogen and oxygen atoms in total. The van der Waals surface area contributed by atoms with Gasteiger partial charge in [0.25, 0.3) is 5.56 Å². The minimum absolute atomic E-state index is 0.0922.